The molecule has 5 atom stereocenters. The molecule has 12 nitrogen and oxygen atoms in total. The second-order valence-electron chi connectivity index (χ2n) is 9.81. The van der Waals surface area contributed by atoms with Crippen molar-refractivity contribution in [2.24, 2.45) is 17.4 Å². The lowest BCUT2D eigenvalue weighted by Crippen LogP contribution is -2.60. The second-order valence-corrected chi connectivity index (χ2v) is 9.81. The van der Waals surface area contributed by atoms with Gasteiger partial charge in [-0.3, -0.25) is 14.4 Å². The Labute approximate surface area is 221 Å². The Morgan fingerprint density at radius 2 is 1.58 bits per heavy atom. The highest BCUT2D eigenvalue weighted by molar-refractivity contribution is 5.94. The largest absolute Gasteiger partial charge is 0.480 e. The van der Waals surface area contributed by atoms with Gasteiger partial charge in [-0.25, -0.2) is 4.79 Å². The van der Waals surface area contributed by atoms with Gasteiger partial charge in [-0.05, 0) is 56.7 Å². The molecule has 1 heterocycles. The Hall–Kier alpha value is -3.48. The van der Waals surface area contributed by atoms with Crippen LogP contribution in [0.1, 0.15) is 45.6 Å². The molecule has 10 N–H and O–H groups in total. The predicted molar refractivity (Wildman–Crippen MR) is 143 cm³/mol. The first-order valence-corrected chi connectivity index (χ1v) is 12.8. The molecule has 0 saturated carbocycles. The first-order valence-electron chi connectivity index (χ1n) is 12.8. The number of aromatic amines is 1. The van der Waals surface area contributed by atoms with E-state index in [1.807, 2.05) is 24.3 Å². The number of carbonyl (C=O) groups is 4. The van der Waals surface area contributed by atoms with Crippen molar-refractivity contribution >= 4 is 34.6 Å². The predicted octanol–water partition coefficient (Wildman–Crippen LogP) is -0.257. The summed E-state index contributed by atoms with van der Waals surface area (Å²) in [6.45, 7) is 5.12. The van der Waals surface area contributed by atoms with E-state index >= 15 is 0 Å². The maximum Gasteiger partial charge on any atom is 0.326 e. The Morgan fingerprint density at radius 1 is 0.947 bits per heavy atom. The molecule has 1 aromatic heterocycles. The lowest BCUT2D eigenvalue weighted by atomic mass is 10.00. The number of rotatable bonds is 15. The lowest BCUT2D eigenvalue weighted by Gasteiger charge is -2.28. The number of nitrogens with one attached hydrogen (secondary N) is 4. The zero-order valence-electron chi connectivity index (χ0n) is 22.1. The Balaban J connectivity index is 2.06. The summed E-state index contributed by atoms with van der Waals surface area (Å²) in [5.74, 6) is -3.71. The number of nitrogens with two attached hydrogens (primary N) is 2. The number of carbonyl (C=O) groups excluding carboxylic acids is 3. The van der Waals surface area contributed by atoms with Crippen LogP contribution < -0.4 is 27.4 Å². The number of hydrogen-bond donors (Lipinski definition) is 8. The number of aliphatic hydroxyl groups is 1. The third kappa shape index (κ3) is 8.54. The molecule has 38 heavy (non-hydrogen) atoms. The molecular weight excluding hydrogens is 492 g/mol. The highest BCUT2D eigenvalue weighted by Gasteiger charge is 2.33. The Kier molecular flexibility index (Phi) is 11.7. The van der Waals surface area contributed by atoms with E-state index in [1.165, 1.54) is 6.92 Å². The average Bonchev–Trinajstić information content (AvgIpc) is 3.27. The zero-order valence-corrected chi connectivity index (χ0v) is 22.1. The number of aromatic nitrogens is 1. The molecule has 1 aromatic carbocycles. The molecule has 2 rings (SSSR count). The standard InChI is InChI=1S/C26H40N6O6/c1-14(2)21(31-23(34)18(28)12-16-13-29-19-9-5-4-8-17(16)19)24(35)32-22(15(3)33)25(36)30-20(26(37)38)10-6-7-11-27/h4-5,8-9,13-15,18,20-22,29,33H,6-7,10-12,27-28H2,1-3H3,(H,30,36)(H,31,34)(H,32,35)(H,37,38). The van der Waals surface area contributed by atoms with Crippen LogP contribution in [0.3, 0.4) is 0 Å². The summed E-state index contributed by atoms with van der Waals surface area (Å²) in [6.07, 6.45) is 1.93. The molecule has 2 aromatic rings. The van der Waals surface area contributed by atoms with Crippen molar-refractivity contribution < 1.29 is 29.4 Å². The van der Waals surface area contributed by atoms with E-state index < -0.39 is 54.0 Å². The molecule has 12 heteroatoms. The van der Waals surface area contributed by atoms with Gasteiger partial charge in [-0.1, -0.05) is 32.0 Å². The number of unbranched alkanes of at least 4 members (excludes halogenated alkanes) is 1. The molecule has 210 valence electrons. The summed E-state index contributed by atoms with van der Waals surface area (Å²) in [5.41, 5.74) is 13.4. The van der Waals surface area contributed by atoms with Crippen LogP contribution in [0.15, 0.2) is 30.5 Å². The van der Waals surface area contributed by atoms with Crippen LogP contribution in [0.2, 0.25) is 0 Å². The molecule has 0 fully saturated rings. The normalized spacial score (nSPS) is 15.3. The van der Waals surface area contributed by atoms with Crippen molar-refractivity contribution in [2.45, 2.75) is 76.7 Å². The molecular formula is C26H40N6O6. The van der Waals surface area contributed by atoms with E-state index in [0.29, 0.717) is 19.4 Å². The minimum atomic E-state index is -1.43. The van der Waals surface area contributed by atoms with E-state index in [1.54, 1.807) is 20.0 Å². The fourth-order valence-corrected chi connectivity index (χ4v) is 4.09. The Morgan fingerprint density at radius 3 is 2.18 bits per heavy atom. The van der Waals surface area contributed by atoms with E-state index in [-0.39, 0.29) is 18.8 Å². The minimum Gasteiger partial charge on any atom is -0.480 e. The van der Waals surface area contributed by atoms with Crippen molar-refractivity contribution in [3.63, 3.8) is 0 Å². The molecule has 0 saturated heterocycles. The number of fused-ring (bicyclic) bond motifs is 1. The molecule has 0 aliphatic carbocycles. The first kappa shape index (κ1) is 30.7. The number of benzene rings is 1. The monoisotopic (exact) mass is 532 g/mol. The van der Waals surface area contributed by atoms with Gasteiger partial charge < -0.3 is 42.6 Å². The van der Waals surface area contributed by atoms with Gasteiger partial charge in [0.25, 0.3) is 0 Å². The average molecular weight is 533 g/mol. The third-order valence-corrected chi connectivity index (χ3v) is 6.32. The van der Waals surface area contributed by atoms with E-state index in [0.717, 1.165) is 16.5 Å². The maximum absolute atomic E-state index is 13.1. The smallest absolute Gasteiger partial charge is 0.326 e. The fraction of sp³-hybridized carbons (Fsp3) is 0.538. The van der Waals surface area contributed by atoms with Gasteiger partial charge in [0.1, 0.15) is 18.1 Å². The number of carboxylic acid groups (broad SMARTS) is 1. The topological polar surface area (TPSA) is 213 Å². The van der Waals surface area contributed by atoms with Crippen LogP contribution in [-0.4, -0.2) is 75.7 Å². The number of aliphatic carboxylic acids is 1. The van der Waals surface area contributed by atoms with Crippen LogP contribution in [-0.2, 0) is 25.6 Å². The summed E-state index contributed by atoms with van der Waals surface area (Å²) in [7, 11) is 0. The summed E-state index contributed by atoms with van der Waals surface area (Å²) >= 11 is 0. The van der Waals surface area contributed by atoms with Crippen molar-refractivity contribution in [1.29, 1.82) is 0 Å². The van der Waals surface area contributed by atoms with Gasteiger partial charge in [-0.15, -0.1) is 0 Å². The van der Waals surface area contributed by atoms with Gasteiger partial charge in [-0.2, -0.15) is 0 Å². The zero-order chi connectivity index (χ0) is 28.4. The molecule has 5 unspecified atom stereocenters. The SMILES string of the molecule is CC(C)C(NC(=O)C(N)Cc1c[nH]c2ccccc12)C(=O)NC(C(=O)NC(CCCCN)C(=O)O)C(C)O. The number of amides is 3. The van der Waals surface area contributed by atoms with Crippen molar-refractivity contribution in [3.8, 4) is 0 Å². The van der Waals surface area contributed by atoms with Gasteiger partial charge >= 0.3 is 5.97 Å². The Bertz CT molecular complexity index is 1100. The number of carboxylic acids is 1. The van der Waals surface area contributed by atoms with Crippen LogP contribution in [0.4, 0.5) is 0 Å². The maximum atomic E-state index is 13.1. The van der Waals surface area contributed by atoms with Crippen LogP contribution in [0.5, 0.6) is 0 Å². The molecule has 3 amide bonds. The first-order chi connectivity index (χ1) is 18.0. The van der Waals surface area contributed by atoms with Crippen LogP contribution >= 0.6 is 0 Å². The number of hydrogen-bond acceptors (Lipinski definition) is 7. The molecule has 0 aliphatic heterocycles. The lowest BCUT2D eigenvalue weighted by molar-refractivity contribution is -0.143. The highest BCUT2D eigenvalue weighted by atomic mass is 16.4. The van der Waals surface area contributed by atoms with E-state index in [2.05, 4.69) is 20.9 Å². The number of para-hydroxylation sites is 1. The quantitative estimate of drug-likeness (QED) is 0.143. The molecule has 0 bridgehead atoms. The summed E-state index contributed by atoms with van der Waals surface area (Å²) in [6, 6.07) is 2.99. The number of aliphatic hydroxyl groups excluding tert-OH is 1. The van der Waals surface area contributed by atoms with Gasteiger partial charge in [0.05, 0.1) is 12.1 Å². The summed E-state index contributed by atoms with van der Waals surface area (Å²) in [4.78, 5) is 53.5. The summed E-state index contributed by atoms with van der Waals surface area (Å²) in [5, 5.41) is 28.0. The van der Waals surface area contributed by atoms with Crippen molar-refractivity contribution in [3.05, 3.63) is 36.0 Å². The minimum absolute atomic E-state index is 0.151. The van der Waals surface area contributed by atoms with Crippen LogP contribution in [0, 0.1) is 5.92 Å². The van der Waals surface area contributed by atoms with Crippen molar-refractivity contribution in [2.75, 3.05) is 6.54 Å². The van der Waals surface area contributed by atoms with Crippen molar-refractivity contribution in [1.82, 2.24) is 20.9 Å². The highest BCUT2D eigenvalue weighted by Crippen LogP contribution is 2.19. The third-order valence-electron chi connectivity index (χ3n) is 6.32. The fourth-order valence-electron chi connectivity index (χ4n) is 4.09. The van der Waals surface area contributed by atoms with E-state index in [9.17, 15) is 29.4 Å². The number of H-pyrrole nitrogens is 1. The van der Waals surface area contributed by atoms with Crippen LogP contribution in [0.25, 0.3) is 10.9 Å². The van der Waals surface area contributed by atoms with Gasteiger partial charge in [0.15, 0.2) is 0 Å². The molecule has 0 radical (unpaired) electrons. The molecule has 0 aliphatic rings. The van der Waals surface area contributed by atoms with Gasteiger partial charge in [0.2, 0.25) is 17.7 Å². The van der Waals surface area contributed by atoms with E-state index in [4.69, 9.17) is 11.5 Å². The van der Waals surface area contributed by atoms with Gasteiger partial charge in [0, 0.05) is 17.1 Å². The molecule has 0 spiro atoms. The summed E-state index contributed by atoms with van der Waals surface area (Å²) < 4.78 is 0. The second kappa shape index (κ2) is 14.5.